The normalized spacial score (nSPS) is 16.1. The Morgan fingerprint density at radius 3 is 2.55 bits per heavy atom. The SMILES string of the molecule is CN(/C=C1/C(=O)CSc2ccccc21)c1ccccc1. The number of Topliss-reactive ketones (excluding diaryl/α,β-unsaturated/α-hetero) is 1. The number of anilines is 1. The van der Waals surface area contributed by atoms with E-state index in [2.05, 4.69) is 6.07 Å². The van der Waals surface area contributed by atoms with Crippen molar-refractivity contribution in [2.24, 2.45) is 0 Å². The number of fused-ring (bicyclic) bond motifs is 1. The second kappa shape index (κ2) is 5.55. The van der Waals surface area contributed by atoms with Gasteiger partial charge in [-0.3, -0.25) is 4.79 Å². The quantitative estimate of drug-likeness (QED) is 0.780. The highest BCUT2D eigenvalue weighted by atomic mass is 32.2. The Bertz CT molecular complexity index is 664. The van der Waals surface area contributed by atoms with Gasteiger partial charge in [0.25, 0.3) is 0 Å². The molecule has 0 radical (unpaired) electrons. The summed E-state index contributed by atoms with van der Waals surface area (Å²) in [6.07, 6.45) is 1.94. The summed E-state index contributed by atoms with van der Waals surface area (Å²) in [6.45, 7) is 0. The van der Waals surface area contributed by atoms with E-state index in [9.17, 15) is 4.79 Å². The maximum absolute atomic E-state index is 12.2. The van der Waals surface area contributed by atoms with Crippen LogP contribution in [-0.4, -0.2) is 18.6 Å². The van der Waals surface area contributed by atoms with Crippen LogP contribution in [-0.2, 0) is 4.79 Å². The lowest BCUT2D eigenvalue weighted by atomic mass is 10.0. The molecule has 3 heteroatoms. The van der Waals surface area contributed by atoms with E-state index in [0.29, 0.717) is 5.75 Å². The maximum Gasteiger partial charge on any atom is 0.175 e. The van der Waals surface area contributed by atoms with Crippen LogP contribution < -0.4 is 4.90 Å². The van der Waals surface area contributed by atoms with Gasteiger partial charge in [-0.15, -0.1) is 11.8 Å². The van der Waals surface area contributed by atoms with Crippen molar-refractivity contribution in [3.05, 3.63) is 66.4 Å². The van der Waals surface area contributed by atoms with Gasteiger partial charge in [0.2, 0.25) is 0 Å². The summed E-state index contributed by atoms with van der Waals surface area (Å²) in [6, 6.07) is 18.1. The fourth-order valence-electron chi connectivity index (χ4n) is 2.26. The summed E-state index contributed by atoms with van der Waals surface area (Å²) in [5.74, 6) is 0.711. The molecule has 0 saturated carbocycles. The number of carbonyl (C=O) groups is 1. The van der Waals surface area contributed by atoms with Gasteiger partial charge in [-0.2, -0.15) is 0 Å². The third kappa shape index (κ3) is 2.49. The molecule has 0 aliphatic carbocycles. The molecule has 0 atom stereocenters. The van der Waals surface area contributed by atoms with E-state index < -0.39 is 0 Å². The van der Waals surface area contributed by atoms with Gasteiger partial charge in [-0.05, 0) is 18.2 Å². The fraction of sp³-hybridized carbons (Fsp3) is 0.118. The molecule has 0 saturated heterocycles. The van der Waals surface area contributed by atoms with E-state index >= 15 is 0 Å². The Kier molecular flexibility index (Phi) is 3.61. The van der Waals surface area contributed by atoms with E-state index in [0.717, 1.165) is 16.8 Å². The molecule has 0 bridgehead atoms. The van der Waals surface area contributed by atoms with Gasteiger partial charge < -0.3 is 4.90 Å². The highest BCUT2D eigenvalue weighted by Crippen LogP contribution is 2.35. The number of carbonyl (C=O) groups excluding carboxylic acids is 1. The van der Waals surface area contributed by atoms with Gasteiger partial charge in [-0.1, -0.05) is 36.4 Å². The van der Waals surface area contributed by atoms with Crippen LogP contribution in [0.3, 0.4) is 0 Å². The smallest absolute Gasteiger partial charge is 0.175 e. The minimum absolute atomic E-state index is 0.191. The summed E-state index contributed by atoms with van der Waals surface area (Å²) < 4.78 is 0. The van der Waals surface area contributed by atoms with Crippen molar-refractivity contribution in [2.45, 2.75) is 4.90 Å². The van der Waals surface area contributed by atoms with Gasteiger partial charge in [0.15, 0.2) is 5.78 Å². The van der Waals surface area contributed by atoms with Crippen LogP contribution in [0.1, 0.15) is 5.56 Å². The first-order chi connectivity index (χ1) is 9.75. The van der Waals surface area contributed by atoms with Crippen molar-refractivity contribution < 1.29 is 4.79 Å². The van der Waals surface area contributed by atoms with Crippen molar-refractivity contribution in [3.63, 3.8) is 0 Å². The molecule has 20 heavy (non-hydrogen) atoms. The molecule has 0 unspecified atom stereocenters. The van der Waals surface area contributed by atoms with Crippen LogP contribution >= 0.6 is 11.8 Å². The first-order valence-electron chi connectivity index (χ1n) is 6.51. The zero-order chi connectivity index (χ0) is 13.9. The van der Waals surface area contributed by atoms with E-state index in [1.807, 2.05) is 66.7 Å². The molecule has 0 spiro atoms. The molecular weight excluding hydrogens is 266 g/mol. The van der Waals surface area contributed by atoms with Crippen LogP contribution in [0.15, 0.2) is 65.7 Å². The predicted octanol–water partition coefficient (Wildman–Crippen LogP) is 3.84. The Labute approximate surface area is 123 Å². The van der Waals surface area contributed by atoms with Crippen LogP contribution in [0.5, 0.6) is 0 Å². The van der Waals surface area contributed by atoms with Crippen LogP contribution in [0.2, 0.25) is 0 Å². The number of rotatable bonds is 2. The fourth-order valence-corrected chi connectivity index (χ4v) is 3.21. The molecule has 1 aliphatic heterocycles. The average Bonchev–Trinajstić information content (AvgIpc) is 2.51. The zero-order valence-electron chi connectivity index (χ0n) is 11.2. The molecule has 2 nitrogen and oxygen atoms in total. The molecule has 0 amide bonds. The highest BCUT2D eigenvalue weighted by molar-refractivity contribution is 8.00. The van der Waals surface area contributed by atoms with Crippen molar-refractivity contribution in [1.29, 1.82) is 0 Å². The predicted molar refractivity (Wildman–Crippen MR) is 85.0 cm³/mol. The van der Waals surface area contributed by atoms with Gasteiger partial charge in [-0.25, -0.2) is 0 Å². The van der Waals surface area contributed by atoms with E-state index in [1.165, 1.54) is 4.90 Å². The number of nitrogens with zero attached hydrogens (tertiary/aromatic N) is 1. The Morgan fingerprint density at radius 1 is 1.05 bits per heavy atom. The number of thioether (sulfide) groups is 1. The van der Waals surface area contributed by atoms with Crippen molar-refractivity contribution in [2.75, 3.05) is 17.7 Å². The minimum Gasteiger partial charge on any atom is -0.350 e. The summed E-state index contributed by atoms with van der Waals surface area (Å²) in [5, 5.41) is 0. The number of benzene rings is 2. The molecule has 3 rings (SSSR count). The second-order valence-corrected chi connectivity index (χ2v) is 5.71. The third-order valence-corrected chi connectivity index (χ3v) is 4.40. The van der Waals surface area contributed by atoms with E-state index in [1.54, 1.807) is 11.8 Å². The summed E-state index contributed by atoms with van der Waals surface area (Å²) >= 11 is 1.61. The average molecular weight is 281 g/mol. The lowest BCUT2D eigenvalue weighted by molar-refractivity contribution is -0.111. The number of hydrogen-bond acceptors (Lipinski definition) is 3. The first kappa shape index (κ1) is 13.0. The number of para-hydroxylation sites is 1. The standard InChI is InChI=1S/C17H15NOS/c1-18(13-7-3-2-4-8-13)11-15-14-9-5-6-10-17(14)20-12-16(15)19/h2-11H,12H2,1H3/b15-11+. The van der Waals surface area contributed by atoms with Gasteiger partial charge in [0, 0.05) is 35.0 Å². The third-order valence-electron chi connectivity index (χ3n) is 3.32. The number of hydrogen-bond donors (Lipinski definition) is 0. The van der Waals surface area contributed by atoms with Crippen molar-refractivity contribution in [1.82, 2.24) is 0 Å². The second-order valence-electron chi connectivity index (χ2n) is 4.70. The number of ketones is 1. The molecule has 1 aliphatic rings. The molecule has 100 valence electrons. The van der Waals surface area contributed by atoms with E-state index in [4.69, 9.17) is 0 Å². The maximum atomic E-state index is 12.2. The van der Waals surface area contributed by atoms with Crippen molar-refractivity contribution in [3.8, 4) is 0 Å². The largest absolute Gasteiger partial charge is 0.350 e. The Hall–Kier alpha value is -2.00. The molecule has 0 N–H and O–H groups in total. The summed E-state index contributed by atoms with van der Waals surface area (Å²) in [5.41, 5.74) is 2.91. The van der Waals surface area contributed by atoms with Gasteiger partial charge in [0.05, 0.1) is 5.75 Å². The molecular formula is C17H15NOS. The molecule has 2 aromatic carbocycles. The lowest BCUT2D eigenvalue weighted by Crippen LogP contribution is -2.16. The topological polar surface area (TPSA) is 20.3 Å². The van der Waals surface area contributed by atoms with Gasteiger partial charge in [0.1, 0.15) is 0 Å². The Morgan fingerprint density at radius 2 is 1.75 bits per heavy atom. The summed E-state index contributed by atoms with van der Waals surface area (Å²) in [7, 11) is 1.97. The monoisotopic (exact) mass is 281 g/mol. The molecule has 2 aromatic rings. The Balaban J connectivity index is 2.01. The van der Waals surface area contributed by atoms with Crippen molar-refractivity contribution >= 4 is 28.8 Å². The van der Waals surface area contributed by atoms with Crippen LogP contribution in [0, 0.1) is 0 Å². The molecule has 0 fully saturated rings. The van der Waals surface area contributed by atoms with E-state index in [-0.39, 0.29) is 5.78 Å². The zero-order valence-corrected chi connectivity index (χ0v) is 12.1. The van der Waals surface area contributed by atoms with Gasteiger partial charge >= 0.3 is 0 Å². The number of allylic oxidation sites excluding steroid dienone is 1. The van der Waals surface area contributed by atoms with Crippen LogP contribution in [0.4, 0.5) is 5.69 Å². The summed E-state index contributed by atoms with van der Waals surface area (Å²) in [4.78, 5) is 15.4. The molecule has 1 heterocycles. The first-order valence-corrected chi connectivity index (χ1v) is 7.49. The highest BCUT2D eigenvalue weighted by Gasteiger charge is 2.22. The lowest BCUT2D eigenvalue weighted by Gasteiger charge is -2.21. The van der Waals surface area contributed by atoms with Crippen LogP contribution in [0.25, 0.3) is 5.57 Å². The minimum atomic E-state index is 0.191. The molecule has 0 aromatic heterocycles.